The highest BCUT2D eigenvalue weighted by Crippen LogP contribution is 2.42. The fourth-order valence-corrected chi connectivity index (χ4v) is 14.5. The Morgan fingerprint density at radius 3 is 0.982 bits per heavy atom. The molecule has 0 bridgehead atoms. The molecule has 9 aliphatic rings. The zero-order chi connectivity index (χ0) is 84.3. The van der Waals surface area contributed by atoms with Crippen molar-refractivity contribution in [3.63, 3.8) is 0 Å². The molecule has 9 saturated heterocycles. The second-order valence-electron chi connectivity index (χ2n) is 27.9. The summed E-state index contributed by atoms with van der Waals surface area (Å²) in [6.07, 6.45) is -95.6. The molecule has 9 fully saturated rings. The largest absolute Gasteiger partial charge is 0.469 e. The van der Waals surface area contributed by atoms with E-state index in [4.69, 9.17) is 80.5 Å². The first-order chi connectivity index (χ1) is 53.5. The topological polar surface area (TPSA) is 854 Å². The maximum atomic E-state index is 13.0. The first kappa shape index (κ1) is 95.3. The van der Waals surface area contributed by atoms with Gasteiger partial charge < -0.3 is 238 Å². The highest BCUT2D eigenvalue weighted by molar-refractivity contribution is 7.46. The van der Waals surface area contributed by atoms with Crippen LogP contribution in [0.3, 0.4) is 0 Å². The number of carbonyl (C=O) groups excluding carboxylic acids is 2. The summed E-state index contributed by atoms with van der Waals surface area (Å²) in [5.41, 5.74) is 0. The third-order valence-corrected chi connectivity index (χ3v) is 21.0. The Kier molecular flexibility index (Phi) is 34.0. The summed E-state index contributed by atoms with van der Waals surface area (Å²) < 4.78 is 131. The number of phosphoric acid groups is 2. The average Bonchev–Trinajstić information content (AvgIpc) is 0.800. The van der Waals surface area contributed by atoms with Gasteiger partial charge in [-0.1, -0.05) is 0 Å². The molecule has 664 valence electrons. The standard InChI is InChI=1S/C58H100N2O52P2/c1-12(66)59-23-32(75)44(17(6-64)98-50(23)87)107-51-24(60-13(2)67)33(76)45(18(7-65)102-51)108-56-43(86)47(110-58-49(37(80)27(70)16(5-63)101-58)112-55-41(84)36(79)28(71)21(105-55)10-96-113(88,89)90)31(74)20(104-56)8-94-52-42(85)46(109-53-39(82)34(77)25(68)14(3-61)99-53)30(73)19(103-52)9-95-57-48(38(81)29(72)22(106-57)11-97-114(91,92)93)111-54-40(83)35(78)26(69)15(4-62)100-54/h14-58,61-65,68-87H,3-11H2,1-2H3,(H,59,66)(H,60,67)(H2,88,89,90)(H2,91,92,93)/t14-,15-,16-,17-,18-,19-,20-,21-,22-,23-,24-,25-,26-,27-,28-,29-,30-,31-,32-,33-,34+,35+,36+,37+,38+,39+,40+,41+,42+,43+,44-,45-,46+,47+,48+,49+,50?,51+,52+,53-,54-,55-,56+,57+,58-/m1/s1. The van der Waals surface area contributed by atoms with Crippen LogP contribution in [0, 0.1) is 0 Å². The zero-order valence-corrected chi connectivity index (χ0v) is 61.4. The van der Waals surface area contributed by atoms with Gasteiger partial charge in [0.15, 0.2) is 56.6 Å². The van der Waals surface area contributed by atoms with E-state index in [0.29, 0.717) is 0 Å². The van der Waals surface area contributed by atoms with Crippen LogP contribution in [-0.4, -0.2) is 495 Å². The molecular weight excluding hydrogens is 1620 g/mol. The third kappa shape index (κ3) is 22.1. The molecule has 54 nitrogen and oxygen atoms in total. The summed E-state index contributed by atoms with van der Waals surface area (Å²) in [6, 6.07) is -3.65. The Morgan fingerprint density at radius 1 is 0.272 bits per heavy atom. The molecule has 9 heterocycles. The molecule has 0 radical (unpaired) electrons. The van der Waals surface area contributed by atoms with Crippen LogP contribution < -0.4 is 10.6 Å². The van der Waals surface area contributed by atoms with E-state index in [1.165, 1.54) is 0 Å². The Morgan fingerprint density at radius 2 is 0.553 bits per heavy atom. The number of rotatable bonds is 31. The number of hydrogen-bond donors (Lipinski definition) is 31. The van der Waals surface area contributed by atoms with Gasteiger partial charge in [-0.2, -0.15) is 0 Å². The molecule has 0 aromatic carbocycles. The Bertz CT molecular complexity index is 3110. The van der Waals surface area contributed by atoms with Gasteiger partial charge in [0.25, 0.3) is 0 Å². The first-order valence-electron chi connectivity index (χ1n) is 35.1. The number of amides is 2. The van der Waals surface area contributed by atoms with Gasteiger partial charge in [-0.3, -0.25) is 18.6 Å². The normalized spacial score (nSPS) is 48.7. The van der Waals surface area contributed by atoms with Crippen LogP contribution in [0.4, 0.5) is 0 Å². The molecule has 0 aliphatic carbocycles. The van der Waals surface area contributed by atoms with Gasteiger partial charge in [-0.05, 0) is 0 Å². The van der Waals surface area contributed by atoms with E-state index in [1.807, 2.05) is 0 Å². The summed E-state index contributed by atoms with van der Waals surface area (Å²) in [4.78, 5) is 62.9. The summed E-state index contributed by atoms with van der Waals surface area (Å²) >= 11 is 0. The molecule has 0 aromatic rings. The minimum atomic E-state index is -5.43. The smallest absolute Gasteiger partial charge is 0.394 e. The number of aliphatic hydroxyl groups is 25. The molecule has 0 saturated carbocycles. The lowest BCUT2D eigenvalue weighted by molar-refractivity contribution is -0.399. The molecular formula is C58H100N2O52P2. The van der Waals surface area contributed by atoms with E-state index in [9.17, 15) is 166 Å². The predicted molar refractivity (Wildman–Crippen MR) is 342 cm³/mol. The van der Waals surface area contributed by atoms with Gasteiger partial charge in [0.05, 0.1) is 59.5 Å². The molecule has 114 heavy (non-hydrogen) atoms. The van der Waals surface area contributed by atoms with Crippen molar-refractivity contribution in [3.8, 4) is 0 Å². The Balaban J connectivity index is 1.07. The Labute approximate surface area is 641 Å². The lowest BCUT2D eigenvalue weighted by Crippen LogP contribution is -2.70. The molecule has 9 aliphatic heterocycles. The average molecular weight is 1720 g/mol. The van der Waals surface area contributed by atoms with Crippen LogP contribution in [0.2, 0.25) is 0 Å². The minimum Gasteiger partial charge on any atom is -0.394 e. The van der Waals surface area contributed by atoms with Crippen molar-refractivity contribution < 1.29 is 256 Å². The number of aliphatic hydroxyl groups excluding tert-OH is 25. The van der Waals surface area contributed by atoms with Gasteiger partial charge in [-0.25, -0.2) is 9.13 Å². The Hall–Kier alpha value is -2.52. The summed E-state index contributed by atoms with van der Waals surface area (Å²) in [7, 11) is -10.8. The van der Waals surface area contributed by atoms with Crippen LogP contribution in [0.1, 0.15) is 13.8 Å². The number of phosphoric ester groups is 2. The van der Waals surface area contributed by atoms with Crippen molar-refractivity contribution in [1.29, 1.82) is 0 Å². The van der Waals surface area contributed by atoms with Crippen molar-refractivity contribution in [2.75, 3.05) is 59.5 Å². The van der Waals surface area contributed by atoms with E-state index in [-0.39, 0.29) is 0 Å². The van der Waals surface area contributed by atoms with E-state index >= 15 is 0 Å². The summed E-state index contributed by atoms with van der Waals surface area (Å²) in [6.45, 7) is -8.81. The lowest BCUT2D eigenvalue weighted by Gasteiger charge is -2.51. The molecule has 45 atom stereocenters. The van der Waals surface area contributed by atoms with Crippen molar-refractivity contribution >= 4 is 27.5 Å². The second-order valence-corrected chi connectivity index (χ2v) is 30.4. The van der Waals surface area contributed by atoms with E-state index in [1.54, 1.807) is 0 Å². The van der Waals surface area contributed by atoms with Crippen molar-refractivity contribution in [3.05, 3.63) is 0 Å². The summed E-state index contributed by atoms with van der Waals surface area (Å²) in [5, 5.41) is 283. The molecule has 1 unspecified atom stereocenters. The van der Waals surface area contributed by atoms with Crippen molar-refractivity contribution in [2.24, 2.45) is 0 Å². The van der Waals surface area contributed by atoms with Gasteiger partial charge in [0.1, 0.15) is 220 Å². The third-order valence-electron chi connectivity index (χ3n) is 20.0. The predicted octanol–water partition coefficient (Wildman–Crippen LogP) is -20.1. The van der Waals surface area contributed by atoms with Gasteiger partial charge in [-0.15, -0.1) is 0 Å². The SMILES string of the molecule is CC(=O)N[C@H]1[C@H](O[C@H]2[C@H](O)[C@@H](NC(C)=O)C(O)O[C@@H]2CO)O[C@H](CO)[C@@H](O[C@@H]2O[C@H](CO[C@H]3O[C@H](CO[C@H]4O[C@H](COP(=O)(O)O)[C@@H](O)[C@H](O)[C@@H]4O[C@H]4O[C@H](CO)[C@@H](O)[C@H](O)[C@@H]4O)[C@@H](O)[C@H](O[C@H]4O[C@H](CO)[C@@H](O)[C@H](O)[C@@H]4O)[C@@H]3O)[C@@H](O)[C@H](O[C@H]3O[C@H](CO)[C@@H](O)[C@H](O)[C@@H]3O[C@H]3O[C@H](COP(=O)(O)O)[C@@H](O)[C@H](O)[C@@H]3O)[C@@H]2O)[C@@H]1O. The number of carbonyl (C=O) groups is 2. The first-order valence-corrected chi connectivity index (χ1v) is 38.2. The zero-order valence-electron chi connectivity index (χ0n) is 59.6. The number of hydrogen-bond acceptors (Lipinski definition) is 48. The molecule has 9 rings (SSSR count). The highest BCUT2D eigenvalue weighted by atomic mass is 31.2. The van der Waals surface area contributed by atoms with Gasteiger partial charge in [0, 0.05) is 13.8 Å². The monoisotopic (exact) mass is 1720 g/mol. The maximum Gasteiger partial charge on any atom is 0.469 e. The van der Waals surface area contributed by atoms with E-state index in [0.717, 1.165) is 13.8 Å². The number of ether oxygens (including phenoxy) is 17. The maximum absolute atomic E-state index is 13.0. The molecule has 0 aromatic heterocycles. The van der Waals surface area contributed by atoms with Crippen LogP contribution in [0.5, 0.6) is 0 Å². The van der Waals surface area contributed by atoms with Crippen LogP contribution in [0.25, 0.3) is 0 Å². The van der Waals surface area contributed by atoms with Crippen molar-refractivity contribution in [2.45, 2.75) is 290 Å². The van der Waals surface area contributed by atoms with Gasteiger partial charge >= 0.3 is 15.6 Å². The van der Waals surface area contributed by atoms with Gasteiger partial charge in [0.2, 0.25) is 11.8 Å². The molecule has 0 spiro atoms. The quantitative estimate of drug-likeness (QED) is 0.0287. The van der Waals surface area contributed by atoms with Crippen LogP contribution in [0.15, 0.2) is 0 Å². The molecule has 2 amide bonds. The highest BCUT2D eigenvalue weighted by Gasteiger charge is 2.61. The van der Waals surface area contributed by atoms with E-state index < -0.39 is 363 Å². The summed E-state index contributed by atoms with van der Waals surface area (Å²) in [5.74, 6) is -1.79. The molecule has 31 N–H and O–H groups in total. The second kappa shape index (κ2) is 40.7. The lowest BCUT2D eigenvalue weighted by atomic mass is 9.94. The molecule has 56 heteroatoms. The number of nitrogens with one attached hydrogen (secondary N) is 2. The minimum absolute atomic E-state index is 0.813. The fraction of sp³-hybridized carbons (Fsp3) is 0.966. The van der Waals surface area contributed by atoms with Crippen molar-refractivity contribution in [1.82, 2.24) is 10.6 Å². The fourth-order valence-electron chi connectivity index (χ4n) is 13.8. The van der Waals surface area contributed by atoms with E-state index in [2.05, 4.69) is 19.7 Å². The van der Waals surface area contributed by atoms with Crippen LogP contribution >= 0.6 is 15.6 Å². The van der Waals surface area contributed by atoms with Crippen LogP contribution in [-0.2, 0) is 108 Å².